The number of benzene rings is 4. The average Bonchev–Trinajstić information content (AvgIpc) is 3.11. The molecule has 0 spiro atoms. The van der Waals surface area contributed by atoms with Gasteiger partial charge in [-0.2, -0.15) is 0 Å². The van der Waals surface area contributed by atoms with Crippen molar-refractivity contribution in [2.45, 2.75) is 55.2 Å². The quantitative estimate of drug-likeness (QED) is 0.160. The molecule has 0 radical (unpaired) electrons. The topological polar surface area (TPSA) is 140 Å². The Morgan fingerprint density at radius 3 is 2.19 bits per heavy atom. The largest absolute Gasteiger partial charge is 0.394 e. The fourth-order valence-electron chi connectivity index (χ4n) is 6.75. The van der Waals surface area contributed by atoms with E-state index in [0.29, 0.717) is 23.2 Å². The van der Waals surface area contributed by atoms with Gasteiger partial charge in [-0.3, -0.25) is 4.79 Å². The lowest BCUT2D eigenvalue weighted by molar-refractivity contribution is -0.341. The molecular weight excluding hydrogens is 624 g/mol. The van der Waals surface area contributed by atoms with Crippen LogP contribution in [0.5, 0.6) is 0 Å². The van der Waals surface area contributed by atoms with E-state index in [0.717, 1.165) is 11.1 Å². The maximum atomic E-state index is 13.7. The van der Waals surface area contributed by atoms with Gasteiger partial charge in [0.05, 0.1) is 24.7 Å². The van der Waals surface area contributed by atoms with E-state index in [9.17, 15) is 39.1 Å². The lowest BCUT2D eigenvalue weighted by Crippen LogP contribution is -2.65. The van der Waals surface area contributed by atoms with Crippen LogP contribution in [0.2, 0.25) is 0 Å². The third-order valence-electron chi connectivity index (χ3n) is 9.44. The first-order valence-corrected chi connectivity index (χ1v) is 15.7. The predicted molar refractivity (Wildman–Crippen MR) is 171 cm³/mol. The predicted octanol–water partition coefficient (Wildman–Crippen LogP) is 4.12. The summed E-state index contributed by atoms with van der Waals surface area (Å²) in [5, 5.41) is 53.4. The lowest BCUT2D eigenvalue weighted by atomic mass is 9.77. The molecule has 48 heavy (non-hydrogen) atoms. The van der Waals surface area contributed by atoms with Crippen molar-refractivity contribution in [2.75, 3.05) is 18.6 Å². The van der Waals surface area contributed by atoms with Crippen molar-refractivity contribution in [2.24, 2.45) is 5.92 Å². The molecule has 4 aromatic carbocycles. The second-order valence-electron chi connectivity index (χ2n) is 12.3. The number of β-lactam (4-membered cyclic amide) rings is 1. The summed E-state index contributed by atoms with van der Waals surface area (Å²) < 4.78 is 38.0. The number of rotatable bonds is 10. The van der Waals surface area contributed by atoms with E-state index in [1.54, 1.807) is 35.2 Å². The maximum absolute atomic E-state index is 13.7. The zero-order valence-electron chi connectivity index (χ0n) is 26.1. The molecule has 11 heteroatoms. The molecule has 2 saturated heterocycles. The van der Waals surface area contributed by atoms with Crippen molar-refractivity contribution in [1.82, 2.24) is 0 Å². The zero-order chi connectivity index (χ0) is 34.2. The van der Waals surface area contributed by atoms with E-state index in [4.69, 9.17) is 9.47 Å². The molecular formula is C37H37F2NO8. The highest BCUT2D eigenvalue weighted by Crippen LogP contribution is 2.47. The Labute approximate surface area is 276 Å². The monoisotopic (exact) mass is 661 g/mol. The zero-order valence-corrected chi connectivity index (χ0v) is 26.1. The number of carbonyl (C=O) groups excluding carboxylic acids is 1. The molecule has 2 aliphatic rings. The Kier molecular flexibility index (Phi) is 9.73. The Hall–Kier alpha value is -4.07. The molecule has 9 nitrogen and oxygen atoms in total. The van der Waals surface area contributed by atoms with E-state index in [1.165, 1.54) is 43.5 Å². The van der Waals surface area contributed by atoms with Crippen LogP contribution in [-0.2, 0) is 19.9 Å². The van der Waals surface area contributed by atoms with Gasteiger partial charge in [-0.15, -0.1) is 0 Å². The summed E-state index contributed by atoms with van der Waals surface area (Å²) in [5.74, 6) is -1.46. The molecule has 3 unspecified atom stereocenters. The van der Waals surface area contributed by atoms with Gasteiger partial charge >= 0.3 is 0 Å². The number of hydrogen-bond donors (Lipinski definition) is 5. The summed E-state index contributed by atoms with van der Waals surface area (Å²) in [6.07, 6.45) is -6.08. The molecule has 0 saturated carbocycles. The van der Waals surface area contributed by atoms with Crippen LogP contribution in [0, 0.1) is 17.6 Å². The fraction of sp³-hybridized carbons (Fsp3) is 0.324. The second-order valence-corrected chi connectivity index (χ2v) is 12.3. The molecule has 2 heterocycles. The SMILES string of the molecule is CO[C@H]1O[C@H](CO)[C@@H](O)[C@H](O)[C@]1(O)c1cccc(-c2ccc(C3C(CCC(O)c4ccc(F)cc4)C(=O)N3c3ccc(F)cc3)cc2)c1. The summed E-state index contributed by atoms with van der Waals surface area (Å²) in [5.41, 5.74) is 1.41. The Bertz CT molecular complexity index is 1720. The fourth-order valence-corrected chi connectivity index (χ4v) is 6.75. The van der Waals surface area contributed by atoms with Crippen molar-refractivity contribution in [3.63, 3.8) is 0 Å². The van der Waals surface area contributed by atoms with Gasteiger partial charge in [0.2, 0.25) is 5.91 Å². The second kappa shape index (κ2) is 13.8. The average molecular weight is 662 g/mol. The van der Waals surface area contributed by atoms with Crippen LogP contribution in [0.4, 0.5) is 14.5 Å². The summed E-state index contributed by atoms with van der Waals surface area (Å²) in [4.78, 5) is 15.1. The number of hydrogen-bond acceptors (Lipinski definition) is 8. The summed E-state index contributed by atoms with van der Waals surface area (Å²) in [6.45, 7) is -0.582. The summed E-state index contributed by atoms with van der Waals surface area (Å²) in [7, 11) is 1.29. The van der Waals surface area contributed by atoms with Crippen LogP contribution < -0.4 is 4.90 Å². The van der Waals surface area contributed by atoms with Gasteiger partial charge in [0.1, 0.15) is 29.9 Å². The molecule has 0 aromatic heterocycles. The molecule has 252 valence electrons. The number of halogens is 2. The van der Waals surface area contributed by atoms with Gasteiger partial charge in [0.25, 0.3) is 0 Å². The molecule has 4 aromatic rings. The molecule has 2 aliphatic heterocycles. The minimum Gasteiger partial charge on any atom is -0.394 e. The van der Waals surface area contributed by atoms with Crippen LogP contribution in [0.1, 0.15) is 41.7 Å². The van der Waals surface area contributed by atoms with Gasteiger partial charge in [-0.1, -0.05) is 54.6 Å². The third-order valence-corrected chi connectivity index (χ3v) is 9.44. The molecule has 6 rings (SSSR count). The van der Waals surface area contributed by atoms with E-state index in [1.807, 2.05) is 30.3 Å². The molecule has 1 amide bonds. The summed E-state index contributed by atoms with van der Waals surface area (Å²) >= 11 is 0. The molecule has 5 N–H and O–H groups in total. The van der Waals surface area contributed by atoms with Crippen molar-refractivity contribution >= 4 is 11.6 Å². The third kappa shape index (κ3) is 6.14. The highest BCUT2D eigenvalue weighted by molar-refractivity contribution is 6.03. The van der Waals surface area contributed by atoms with Crippen molar-refractivity contribution in [1.29, 1.82) is 0 Å². The number of aliphatic hydroxyl groups is 5. The number of amides is 1. The van der Waals surface area contributed by atoms with Gasteiger partial charge in [-0.05, 0) is 83.1 Å². The number of carbonyl (C=O) groups is 1. The van der Waals surface area contributed by atoms with E-state index >= 15 is 0 Å². The Morgan fingerprint density at radius 2 is 1.56 bits per heavy atom. The molecule has 0 aliphatic carbocycles. The minimum atomic E-state index is -2.15. The van der Waals surface area contributed by atoms with Crippen LogP contribution >= 0.6 is 0 Å². The highest BCUT2D eigenvalue weighted by atomic mass is 19.1. The smallest absolute Gasteiger partial charge is 0.233 e. The number of anilines is 1. The van der Waals surface area contributed by atoms with E-state index < -0.39 is 66.5 Å². The van der Waals surface area contributed by atoms with Crippen LogP contribution in [-0.4, -0.2) is 69.8 Å². The first-order chi connectivity index (χ1) is 23.1. The van der Waals surface area contributed by atoms with Crippen molar-refractivity contribution in [3.8, 4) is 11.1 Å². The minimum absolute atomic E-state index is 0.158. The summed E-state index contributed by atoms with van der Waals surface area (Å²) in [6, 6.07) is 25.0. The first kappa shape index (κ1) is 33.8. The van der Waals surface area contributed by atoms with E-state index in [-0.39, 0.29) is 17.9 Å². The molecule has 8 atom stereocenters. The molecule has 2 fully saturated rings. The van der Waals surface area contributed by atoms with Gasteiger partial charge in [-0.25, -0.2) is 8.78 Å². The number of aliphatic hydroxyl groups excluding tert-OH is 4. The maximum Gasteiger partial charge on any atom is 0.233 e. The standard InChI is InChI=1S/C37H37F2NO8/c1-47-36-37(46,34(44)33(43)31(20-41)48-36)25-4-2-3-24(19-25)21-5-7-23(8-6-21)32-29(17-18-30(42)22-9-11-26(38)12-10-22)35(45)40(32)28-15-13-27(39)14-16-28/h2-16,19,29-34,36,41-44,46H,17-18,20H2,1H3/t29?,30?,31-,32?,33-,34+,36+,37-/m1/s1. The van der Waals surface area contributed by atoms with Crippen molar-refractivity contribution < 1.29 is 48.6 Å². The number of ether oxygens (including phenoxy) is 2. The number of nitrogens with zero attached hydrogens (tertiary/aromatic N) is 1. The van der Waals surface area contributed by atoms with E-state index in [2.05, 4.69) is 0 Å². The lowest BCUT2D eigenvalue weighted by Gasteiger charge is -2.48. The Balaban J connectivity index is 1.27. The molecule has 0 bridgehead atoms. The normalized spacial score (nSPS) is 27.8. The first-order valence-electron chi connectivity index (χ1n) is 15.7. The van der Waals surface area contributed by atoms with Gasteiger partial charge in [0.15, 0.2) is 11.9 Å². The van der Waals surface area contributed by atoms with Crippen LogP contribution in [0.25, 0.3) is 11.1 Å². The van der Waals surface area contributed by atoms with Crippen LogP contribution in [0.15, 0.2) is 97.1 Å². The number of methoxy groups -OCH3 is 1. The van der Waals surface area contributed by atoms with Gasteiger partial charge in [0, 0.05) is 12.8 Å². The van der Waals surface area contributed by atoms with Crippen LogP contribution in [0.3, 0.4) is 0 Å². The van der Waals surface area contributed by atoms with Gasteiger partial charge < -0.3 is 39.9 Å². The Morgan fingerprint density at radius 1 is 0.917 bits per heavy atom. The highest BCUT2D eigenvalue weighted by Gasteiger charge is 2.56. The van der Waals surface area contributed by atoms with Crippen molar-refractivity contribution in [3.05, 3.63) is 125 Å².